The third-order valence-corrected chi connectivity index (χ3v) is 1.11. The maximum Gasteiger partial charge on any atom is 0.306 e. The van der Waals surface area contributed by atoms with E-state index >= 15 is 0 Å². The van der Waals surface area contributed by atoms with Gasteiger partial charge in [0, 0.05) is 6.42 Å². The van der Waals surface area contributed by atoms with Crippen LogP contribution in [-0.4, -0.2) is 11.1 Å². The van der Waals surface area contributed by atoms with Gasteiger partial charge in [-0.3, -0.25) is 4.79 Å². The molecule has 0 saturated carbocycles. The molecular weight excluding hydrogens is 161 g/mol. The summed E-state index contributed by atoms with van der Waals surface area (Å²) in [4.78, 5) is 10.0. The molecule has 2 nitrogen and oxygen atoms in total. The van der Waals surface area contributed by atoms with Crippen molar-refractivity contribution >= 4 is 5.97 Å². The Labute approximate surface area is 61.3 Å². The summed E-state index contributed by atoms with van der Waals surface area (Å²) in [6, 6.07) is 0. The van der Waals surface area contributed by atoms with Crippen molar-refractivity contribution in [1.82, 2.24) is 0 Å². The van der Waals surface area contributed by atoms with Crippen LogP contribution in [-0.2, 0) is 4.79 Å². The average Bonchev–Trinajstić information content (AvgIpc) is 1.87. The maximum absolute atomic E-state index is 12.0. The topological polar surface area (TPSA) is 37.3 Å². The summed E-state index contributed by atoms with van der Waals surface area (Å²) in [5, 5.41) is 8.18. The molecular formula is C6H7F3O2. The SMILES string of the molecule is CC(CC(F)=C(F)F)C(=O)O. The molecule has 0 aliphatic carbocycles. The Bertz CT molecular complexity index is 184. The lowest BCUT2D eigenvalue weighted by Crippen LogP contribution is -2.09. The molecule has 0 aliphatic rings. The van der Waals surface area contributed by atoms with Crippen molar-refractivity contribution in [2.75, 3.05) is 0 Å². The standard InChI is InChI=1S/C6H7F3O2/c1-3(6(10)11)2-4(7)5(8)9/h3H,2H2,1H3,(H,10,11). The van der Waals surface area contributed by atoms with Crippen molar-refractivity contribution < 1.29 is 23.1 Å². The fourth-order valence-corrected chi connectivity index (χ4v) is 0.433. The minimum Gasteiger partial charge on any atom is -0.481 e. The third kappa shape index (κ3) is 3.64. The molecule has 0 rings (SSSR count). The normalized spacial score (nSPS) is 12.4. The zero-order valence-corrected chi connectivity index (χ0v) is 5.77. The minimum atomic E-state index is -2.45. The third-order valence-electron chi connectivity index (χ3n) is 1.11. The molecule has 11 heavy (non-hydrogen) atoms. The zero-order valence-electron chi connectivity index (χ0n) is 5.77. The molecule has 5 heteroatoms. The second-order valence-corrected chi connectivity index (χ2v) is 2.11. The van der Waals surface area contributed by atoms with Crippen molar-refractivity contribution in [3.63, 3.8) is 0 Å². The molecule has 0 fully saturated rings. The number of carboxylic acids is 1. The lowest BCUT2D eigenvalue weighted by molar-refractivity contribution is -0.141. The predicted octanol–water partition coefficient (Wildman–Crippen LogP) is 2.17. The fraction of sp³-hybridized carbons (Fsp3) is 0.500. The molecule has 1 unspecified atom stereocenters. The highest BCUT2D eigenvalue weighted by Gasteiger charge is 2.16. The molecule has 0 heterocycles. The van der Waals surface area contributed by atoms with E-state index in [1.165, 1.54) is 0 Å². The first-order valence-corrected chi connectivity index (χ1v) is 2.87. The number of carboxylic acid groups (broad SMARTS) is 1. The van der Waals surface area contributed by atoms with Crippen molar-refractivity contribution in [3.8, 4) is 0 Å². The predicted molar refractivity (Wildman–Crippen MR) is 31.8 cm³/mol. The van der Waals surface area contributed by atoms with Gasteiger partial charge in [0.1, 0.15) is 0 Å². The maximum atomic E-state index is 12.0. The van der Waals surface area contributed by atoms with Crippen LogP contribution in [0.4, 0.5) is 13.2 Å². The van der Waals surface area contributed by atoms with E-state index in [4.69, 9.17) is 5.11 Å². The van der Waals surface area contributed by atoms with E-state index in [1.807, 2.05) is 0 Å². The molecule has 0 radical (unpaired) electrons. The highest BCUT2D eigenvalue weighted by Crippen LogP contribution is 2.18. The molecule has 0 saturated heterocycles. The molecule has 0 aromatic carbocycles. The van der Waals surface area contributed by atoms with Crippen molar-refractivity contribution in [2.24, 2.45) is 5.92 Å². The van der Waals surface area contributed by atoms with Crippen LogP contribution in [0, 0.1) is 5.92 Å². The molecule has 0 aromatic heterocycles. The Kier molecular flexibility index (Phi) is 3.64. The van der Waals surface area contributed by atoms with E-state index in [9.17, 15) is 18.0 Å². The summed E-state index contributed by atoms with van der Waals surface area (Å²) in [7, 11) is 0. The fourth-order valence-electron chi connectivity index (χ4n) is 0.433. The lowest BCUT2D eigenvalue weighted by Gasteiger charge is -2.01. The van der Waals surface area contributed by atoms with Gasteiger partial charge >= 0.3 is 12.0 Å². The Morgan fingerprint density at radius 3 is 2.18 bits per heavy atom. The number of aliphatic carboxylic acids is 1. The summed E-state index contributed by atoms with van der Waals surface area (Å²) >= 11 is 0. The number of carbonyl (C=O) groups is 1. The van der Waals surface area contributed by atoms with Crippen molar-refractivity contribution in [1.29, 1.82) is 0 Å². The van der Waals surface area contributed by atoms with Gasteiger partial charge in [-0.2, -0.15) is 8.78 Å². The van der Waals surface area contributed by atoms with Crippen LogP contribution in [0.15, 0.2) is 11.9 Å². The van der Waals surface area contributed by atoms with Gasteiger partial charge in [-0.05, 0) is 0 Å². The van der Waals surface area contributed by atoms with Crippen LogP contribution < -0.4 is 0 Å². The number of hydrogen-bond donors (Lipinski definition) is 1. The van der Waals surface area contributed by atoms with Crippen molar-refractivity contribution in [3.05, 3.63) is 11.9 Å². The Balaban J connectivity index is 4.06. The second-order valence-electron chi connectivity index (χ2n) is 2.11. The quantitative estimate of drug-likeness (QED) is 0.701. The molecule has 1 N–H and O–H groups in total. The molecule has 64 valence electrons. The summed E-state index contributed by atoms with van der Waals surface area (Å²) in [6.07, 6.45) is -3.20. The number of allylic oxidation sites excluding steroid dienone is 1. The average molecular weight is 168 g/mol. The van der Waals surface area contributed by atoms with E-state index in [1.54, 1.807) is 0 Å². The summed E-state index contributed by atoms with van der Waals surface area (Å²) in [5.41, 5.74) is 0. The van der Waals surface area contributed by atoms with E-state index < -0.39 is 30.2 Å². The molecule has 0 spiro atoms. The van der Waals surface area contributed by atoms with Crippen LogP contribution in [0.25, 0.3) is 0 Å². The smallest absolute Gasteiger partial charge is 0.306 e. The molecule has 0 aromatic rings. The lowest BCUT2D eigenvalue weighted by atomic mass is 10.1. The largest absolute Gasteiger partial charge is 0.481 e. The van der Waals surface area contributed by atoms with E-state index in [0.29, 0.717) is 0 Å². The molecule has 1 atom stereocenters. The minimum absolute atomic E-state index is 0.752. The van der Waals surface area contributed by atoms with Gasteiger partial charge in [0.05, 0.1) is 5.92 Å². The monoisotopic (exact) mass is 168 g/mol. The van der Waals surface area contributed by atoms with Crippen LogP contribution in [0.3, 0.4) is 0 Å². The van der Waals surface area contributed by atoms with E-state index in [2.05, 4.69) is 0 Å². The first-order chi connectivity index (χ1) is 4.95. The van der Waals surface area contributed by atoms with Gasteiger partial charge in [-0.1, -0.05) is 6.92 Å². The summed E-state index contributed by atoms with van der Waals surface area (Å²) in [5.74, 6) is -4.06. The van der Waals surface area contributed by atoms with Gasteiger partial charge in [-0.25, -0.2) is 4.39 Å². The van der Waals surface area contributed by atoms with Gasteiger partial charge in [0.2, 0.25) is 0 Å². The Morgan fingerprint density at radius 1 is 1.45 bits per heavy atom. The molecule has 0 aliphatic heterocycles. The van der Waals surface area contributed by atoms with Crippen LogP contribution >= 0.6 is 0 Å². The van der Waals surface area contributed by atoms with E-state index in [0.717, 1.165) is 6.92 Å². The Morgan fingerprint density at radius 2 is 1.91 bits per heavy atom. The first kappa shape index (κ1) is 10.0. The molecule has 0 bridgehead atoms. The molecule has 0 amide bonds. The Hall–Kier alpha value is -1.00. The van der Waals surface area contributed by atoms with Gasteiger partial charge in [0.15, 0.2) is 5.83 Å². The highest BCUT2D eigenvalue weighted by atomic mass is 19.3. The van der Waals surface area contributed by atoms with Gasteiger partial charge < -0.3 is 5.11 Å². The summed E-state index contributed by atoms with van der Waals surface area (Å²) < 4.78 is 34.7. The van der Waals surface area contributed by atoms with Crippen molar-refractivity contribution in [2.45, 2.75) is 13.3 Å². The van der Waals surface area contributed by atoms with Crippen LogP contribution in [0.1, 0.15) is 13.3 Å². The highest BCUT2D eigenvalue weighted by molar-refractivity contribution is 5.69. The number of halogens is 3. The van der Waals surface area contributed by atoms with Crippen LogP contribution in [0.5, 0.6) is 0 Å². The second kappa shape index (κ2) is 4.00. The van der Waals surface area contributed by atoms with Crippen LogP contribution in [0.2, 0.25) is 0 Å². The van der Waals surface area contributed by atoms with Gasteiger partial charge in [0.25, 0.3) is 0 Å². The number of hydrogen-bond acceptors (Lipinski definition) is 1. The first-order valence-electron chi connectivity index (χ1n) is 2.87. The number of rotatable bonds is 3. The van der Waals surface area contributed by atoms with Gasteiger partial charge in [-0.15, -0.1) is 0 Å². The van der Waals surface area contributed by atoms with E-state index in [-0.39, 0.29) is 0 Å². The summed E-state index contributed by atoms with van der Waals surface area (Å²) in [6.45, 7) is 1.16. The zero-order chi connectivity index (χ0) is 9.02.